The number of cyclic esters (lactones) is 1. The fraction of sp³-hybridized carbons (Fsp3) is 0.444. The molecule has 7 heteroatoms. The molecule has 1 aromatic carbocycles. The van der Waals surface area contributed by atoms with Crippen LogP contribution in [-0.4, -0.2) is 45.8 Å². The second-order valence-electron chi connectivity index (χ2n) is 6.75. The summed E-state index contributed by atoms with van der Waals surface area (Å²) in [7, 11) is 0. The van der Waals surface area contributed by atoms with Crippen molar-refractivity contribution in [2.75, 3.05) is 6.61 Å². The zero-order chi connectivity index (χ0) is 18.0. The number of carbonyl (C=O) groups is 2. The summed E-state index contributed by atoms with van der Waals surface area (Å²) in [6, 6.07) is 7.53. The molecule has 7 nitrogen and oxygen atoms in total. The predicted octanol–water partition coefficient (Wildman–Crippen LogP) is 1.60. The molecule has 1 saturated heterocycles. The molecule has 3 rings (SSSR count). The number of benzene rings is 1. The van der Waals surface area contributed by atoms with Gasteiger partial charge in [0.25, 0.3) is 0 Å². The van der Waals surface area contributed by atoms with Crippen LogP contribution in [0.3, 0.4) is 0 Å². The Bertz CT molecular complexity index is 696. The number of aliphatic carboxylic acids is 1. The normalized spacial score (nSPS) is 26.1. The first-order chi connectivity index (χ1) is 11.9. The second-order valence-corrected chi connectivity index (χ2v) is 6.75. The first-order valence-corrected chi connectivity index (χ1v) is 8.22. The Morgan fingerprint density at radius 2 is 2.08 bits per heavy atom. The number of aliphatic hydroxyl groups is 2. The number of nitrogens with one attached hydrogen (secondary N) is 1. The van der Waals surface area contributed by atoms with Crippen molar-refractivity contribution in [3.63, 3.8) is 0 Å². The number of carbonyl (C=O) groups excluding carboxylic acids is 1. The summed E-state index contributed by atoms with van der Waals surface area (Å²) in [6.45, 7) is 0.411. The van der Waals surface area contributed by atoms with E-state index >= 15 is 0 Å². The Hall–Kier alpha value is -2.38. The van der Waals surface area contributed by atoms with Crippen molar-refractivity contribution in [3.05, 3.63) is 41.0 Å². The Morgan fingerprint density at radius 1 is 1.36 bits per heavy atom. The van der Waals surface area contributed by atoms with Crippen molar-refractivity contribution in [1.82, 2.24) is 5.32 Å². The highest BCUT2D eigenvalue weighted by Gasteiger charge is 2.45. The first-order valence-electron chi connectivity index (χ1n) is 8.22. The largest absolute Gasteiger partial charge is 0.478 e. The van der Waals surface area contributed by atoms with E-state index in [0.29, 0.717) is 18.1 Å². The Kier molecular flexibility index (Phi) is 4.78. The minimum absolute atomic E-state index is 0.0617. The van der Waals surface area contributed by atoms with Gasteiger partial charge in [-0.3, -0.25) is 0 Å². The van der Waals surface area contributed by atoms with Gasteiger partial charge in [0.2, 0.25) is 0 Å². The molecule has 0 bridgehead atoms. The van der Waals surface area contributed by atoms with Crippen molar-refractivity contribution in [2.24, 2.45) is 0 Å². The van der Waals surface area contributed by atoms with Crippen molar-refractivity contribution < 1.29 is 29.6 Å². The SMILES string of the molecule is O=C1N[C@@]2(CC[C@@H](c3ccc(/C=C(\CC(O)O)C(=O)O)cc3)C2)CO1. The number of carboxylic acids is 1. The highest BCUT2D eigenvalue weighted by molar-refractivity contribution is 5.92. The van der Waals surface area contributed by atoms with Gasteiger partial charge in [-0.25, -0.2) is 9.59 Å². The van der Waals surface area contributed by atoms with Gasteiger partial charge >= 0.3 is 12.1 Å². The molecule has 1 aliphatic heterocycles. The Labute approximate surface area is 144 Å². The number of carboxylic acid groups (broad SMARTS) is 1. The number of ether oxygens (including phenoxy) is 1. The van der Waals surface area contributed by atoms with Gasteiger partial charge < -0.3 is 25.4 Å². The van der Waals surface area contributed by atoms with Crippen molar-refractivity contribution >= 4 is 18.1 Å². The summed E-state index contributed by atoms with van der Waals surface area (Å²) in [4.78, 5) is 22.5. The molecular formula is C18H21NO6. The summed E-state index contributed by atoms with van der Waals surface area (Å²) in [5.74, 6) is -0.856. The third kappa shape index (κ3) is 4.00. The minimum atomic E-state index is -1.69. The molecule has 134 valence electrons. The predicted molar refractivity (Wildman–Crippen MR) is 88.7 cm³/mol. The van der Waals surface area contributed by atoms with E-state index in [4.69, 9.17) is 20.1 Å². The van der Waals surface area contributed by atoms with Crippen LogP contribution in [-0.2, 0) is 9.53 Å². The van der Waals surface area contributed by atoms with Gasteiger partial charge in [0, 0.05) is 12.0 Å². The maximum atomic E-state index is 11.3. The molecule has 4 N–H and O–H groups in total. The molecule has 1 amide bonds. The average molecular weight is 347 g/mol. The van der Waals surface area contributed by atoms with E-state index in [2.05, 4.69) is 5.32 Å². The van der Waals surface area contributed by atoms with E-state index in [1.165, 1.54) is 6.08 Å². The summed E-state index contributed by atoms with van der Waals surface area (Å²) in [5, 5.41) is 30.0. The number of alkyl carbamates (subject to hydrolysis) is 1. The molecule has 0 radical (unpaired) electrons. The topological polar surface area (TPSA) is 116 Å². The fourth-order valence-corrected chi connectivity index (χ4v) is 3.62. The molecule has 2 fully saturated rings. The van der Waals surface area contributed by atoms with Crippen LogP contribution in [0.25, 0.3) is 6.08 Å². The van der Waals surface area contributed by atoms with Crippen LogP contribution in [0.1, 0.15) is 42.7 Å². The lowest BCUT2D eigenvalue weighted by molar-refractivity contribution is -0.134. The monoisotopic (exact) mass is 347 g/mol. The molecule has 1 aliphatic carbocycles. The number of hydrogen-bond acceptors (Lipinski definition) is 5. The minimum Gasteiger partial charge on any atom is -0.478 e. The Morgan fingerprint density at radius 3 is 2.64 bits per heavy atom. The quantitative estimate of drug-likeness (QED) is 0.475. The van der Waals surface area contributed by atoms with Crippen molar-refractivity contribution in [2.45, 2.75) is 43.4 Å². The lowest BCUT2D eigenvalue weighted by Gasteiger charge is -2.20. The molecule has 25 heavy (non-hydrogen) atoms. The van der Waals surface area contributed by atoms with Crippen molar-refractivity contribution in [1.29, 1.82) is 0 Å². The smallest absolute Gasteiger partial charge is 0.407 e. The molecule has 0 unspecified atom stereocenters. The number of rotatable bonds is 5. The molecule has 1 spiro atoms. The van der Waals surface area contributed by atoms with Gasteiger partial charge in [0.05, 0.1) is 5.54 Å². The molecule has 2 aliphatic rings. The van der Waals surface area contributed by atoms with Crippen LogP contribution in [0.2, 0.25) is 0 Å². The van der Waals surface area contributed by atoms with Gasteiger partial charge in [-0.2, -0.15) is 0 Å². The maximum Gasteiger partial charge on any atom is 0.407 e. The third-order valence-corrected chi connectivity index (χ3v) is 4.88. The van der Waals surface area contributed by atoms with Crippen LogP contribution >= 0.6 is 0 Å². The summed E-state index contributed by atoms with van der Waals surface area (Å²) in [5.41, 5.74) is 1.50. The Balaban J connectivity index is 1.70. The van der Waals surface area contributed by atoms with E-state index in [-0.39, 0.29) is 23.6 Å². The molecule has 1 heterocycles. The molecule has 1 saturated carbocycles. The van der Waals surface area contributed by atoms with E-state index < -0.39 is 12.3 Å². The van der Waals surface area contributed by atoms with Gasteiger partial charge in [-0.15, -0.1) is 0 Å². The van der Waals surface area contributed by atoms with Crippen LogP contribution in [0.15, 0.2) is 29.8 Å². The highest BCUT2D eigenvalue weighted by Crippen LogP contribution is 2.42. The summed E-state index contributed by atoms with van der Waals surface area (Å²) in [6.07, 6.45) is 1.71. The first kappa shape index (κ1) is 17.4. The summed E-state index contributed by atoms with van der Waals surface area (Å²) < 4.78 is 5.04. The summed E-state index contributed by atoms with van der Waals surface area (Å²) >= 11 is 0. The van der Waals surface area contributed by atoms with E-state index in [0.717, 1.165) is 24.8 Å². The van der Waals surface area contributed by atoms with Gasteiger partial charge in [0.1, 0.15) is 6.61 Å². The molecular weight excluding hydrogens is 326 g/mol. The van der Waals surface area contributed by atoms with Crippen LogP contribution < -0.4 is 5.32 Å². The van der Waals surface area contributed by atoms with Gasteiger partial charge in [0.15, 0.2) is 6.29 Å². The fourth-order valence-electron chi connectivity index (χ4n) is 3.62. The highest BCUT2D eigenvalue weighted by atomic mass is 16.6. The van der Waals surface area contributed by atoms with Gasteiger partial charge in [-0.05, 0) is 42.4 Å². The molecule has 2 atom stereocenters. The lowest BCUT2D eigenvalue weighted by Crippen LogP contribution is -2.40. The standard InChI is InChI=1S/C18H21NO6/c20-15(21)8-14(16(22)23)7-11-1-3-12(4-2-11)13-5-6-18(9-13)10-25-17(24)19-18/h1-4,7,13,15,20-21H,5-6,8-10H2,(H,19,24)(H,22,23)/b14-7+/t13-,18-/m1/s1. The van der Waals surface area contributed by atoms with Crippen molar-refractivity contribution in [3.8, 4) is 0 Å². The zero-order valence-corrected chi connectivity index (χ0v) is 13.6. The number of hydrogen-bond donors (Lipinski definition) is 4. The maximum absolute atomic E-state index is 11.3. The second kappa shape index (κ2) is 6.85. The van der Waals surface area contributed by atoms with E-state index in [1.54, 1.807) is 0 Å². The van der Waals surface area contributed by atoms with Crippen LogP contribution in [0.4, 0.5) is 4.79 Å². The number of amides is 1. The van der Waals surface area contributed by atoms with E-state index in [1.807, 2.05) is 24.3 Å². The van der Waals surface area contributed by atoms with E-state index in [9.17, 15) is 9.59 Å². The van der Waals surface area contributed by atoms with Crippen LogP contribution in [0.5, 0.6) is 0 Å². The average Bonchev–Trinajstić information content (AvgIpc) is 3.13. The van der Waals surface area contributed by atoms with Crippen LogP contribution in [0, 0.1) is 0 Å². The lowest BCUT2D eigenvalue weighted by atomic mass is 9.92. The zero-order valence-electron chi connectivity index (χ0n) is 13.6. The molecule has 1 aromatic rings. The third-order valence-electron chi connectivity index (χ3n) is 4.88. The van der Waals surface area contributed by atoms with Gasteiger partial charge in [-0.1, -0.05) is 24.3 Å². The number of aliphatic hydroxyl groups excluding tert-OH is 1. The molecule has 0 aromatic heterocycles.